The normalized spacial score (nSPS) is 12.0. The maximum Gasteiger partial charge on any atom is 0.461 e. The molecule has 2 aromatic carbocycles. The van der Waals surface area contributed by atoms with Gasteiger partial charge >= 0.3 is 18.2 Å². The summed E-state index contributed by atoms with van der Waals surface area (Å²) in [4.78, 5) is 0. The van der Waals surface area contributed by atoms with Crippen molar-refractivity contribution < 1.29 is 31.4 Å². The summed E-state index contributed by atoms with van der Waals surface area (Å²) in [6.07, 6.45) is -2.12. The van der Waals surface area contributed by atoms with Crippen LogP contribution in [-0.4, -0.2) is 16.9 Å². The van der Waals surface area contributed by atoms with Gasteiger partial charge in [0.2, 0.25) is 6.20 Å². The molecule has 2 heterocycles. The van der Waals surface area contributed by atoms with Crippen LogP contribution in [0.15, 0.2) is 67.1 Å². The third-order valence-electron chi connectivity index (χ3n) is 5.35. The Labute approximate surface area is 182 Å². The third kappa shape index (κ3) is 4.17. The lowest BCUT2D eigenvalue weighted by atomic mass is 10.1. The molecule has 0 aliphatic heterocycles. The molecule has 32 heavy (non-hydrogen) atoms. The van der Waals surface area contributed by atoms with Gasteiger partial charge in [0, 0.05) is 5.56 Å². The molecule has 4 aromatic rings. The lowest BCUT2D eigenvalue weighted by Gasteiger charge is -2.17. The van der Waals surface area contributed by atoms with Gasteiger partial charge in [0.05, 0.1) is 13.5 Å². The molecule has 8 heteroatoms. The average molecular weight is 445 g/mol. The number of hydrogen-bond donors (Lipinski definition) is 0. The van der Waals surface area contributed by atoms with Crippen LogP contribution in [0, 0.1) is 6.92 Å². The van der Waals surface area contributed by atoms with E-state index in [9.17, 15) is 17.6 Å². The lowest BCUT2D eigenvalue weighted by Crippen LogP contribution is -2.39. The highest BCUT2D eigenvalue weighted by Gasteiger charge is 2.44. The molecule has 0 aliphatic carbocycles. The van der Waals surface area contributed by atoms with Crippen LogP contribution >= 0.6 is 0 Å². The molecule has 166 valence electrons. The molecule has 0 spiro atoms. The van der Waals surface area contributed by atoms with E-state index in [1.807, 2.05) is 66.9 Å². The number of aromatic nitrogens is 3. The summed E-state index contributed by atoms with van der Waals surface area (Å²) < 4.78 is 62.0. The first-order valence-electron chi connectivity index (χ1n) is 10.0. The second-order valence-corrected chi connectivity index (χ2v) is 7.83. The SMILES string of the molecule is Cc1cccc(-c2c[n+](C)c3c(Cc4cccc(OC(F)(F)C(F)F)c4)[n+](C)ccn23)c1. The van der Waals surface area contributed by atoms with E-state index in [0.29, 0.717) is 12.0 Å². The zero-order chi connectivity index (χ0) is 23.0. The molecule has 0 bridgehead atoms. The van der Waals surface area contributed by atoms with E-state index in [2.05, 4.69) is 15.2 Å². The molecule has 0 atom stereocenters. The molecule has 0 saturated carbocycles. The molecule has 0 aliphatic rings. The highest BCUT2D eigenvalue weighted by molar-refractivity contribution is 5.62. The van der Waals surface area contributed by atoms with Crippen LogP contribution in [0.1, 0.15) is 16.8 Å². The molecule has 0 unspecified atom stereocenters. The van der Waals surface area contributed by atoms with Gasteiger partial charge in [-0.05, 0) is 30.7 Å². The first kappa shape index (κ1) is 21.8. The van der Waals surface area contributed by atoms with Gasteiger partial charge < -0.3 is 4.74 Å². The number of ether oxygens (including phenoxy) is 1. The zero-order valence-corrected chi connectivity index (χ0v) is 17.9. The van der Waals surface area contributed by atoms with Crippen molar-refractivity contribution in [3.05, 3.63) is 83.9 Å². The summed E-state index contributed by atoms with van der Waals surface area (Å²) in [6, 6.07) is 14.1. The fourth-order valence-electron chi connectivity index (χ4n) is 3.83. The van der Waals surface area contributed by atoms with E-state index in [-0.39, 0.29) is 5.75 Å². The predicted octanol–water partition coefficient (Wildman–Crippen LogP) is 4.39. The smallest absolute Gasteiger partial charge is 0.428 e. The Hall–Kier alpha value is -3.42. The van der Waals surface area contributed by atoms with Crippen LogP contribution in [0.5, 0.6) is 5.75 Å². The number of benzene rings is 2. The predicted molar refractivity (Wildman–Crippen MR) is 111 cm³/mol. The van der Waals surface area contributed by atoms with E-state index in [1.54, 1.807) is 6.07 Å². The standard InChI is InChI=1S/C24H23F4N3O/c1-16-6-4-8-18(12-16)21-15-30(3)22-20(29(2)10-11-31(21)22)14-17-7-5-9-19(13-17)32-24(27,28)23(25)26/h4-13,15,23H,14H2,1-3H3/q+2. The molecule has 0 fully saturated rings. The highest BCUT2D eigenvalue weighted by Crippen LogP contribution is 2.28. The number of hydrogen-bond acceptors (Lipinski definition) is 1. The monoisotopic (exact) mass is 445 g/mol. The maximum absolute atomic E-state index is 13.3. The van der Waals surface area contributed by atoms with Crippen LogP contribution in [0.4, 0.5) is 17.6 Å². The second-order valence-electron chi connectivity index (χ2n) is 7.83. The van der Waals surface area contributed by atoms with Crippen molar-refractivity contribution in [2.24, 2.45) is 14.1 Å². The van der Waals surface area contributed by atoms with Crippen molar-refractivity contribution >= 4 is 5.65 Å². The highest BCUT2D eigenvalue weighted by atomic mass is 19.3. The topological polar surface area (TPSA) is 21.4 Å². The molecule has 0 amide bonds. The third-order valence-corrected chi connectivity index (χ3v) is 5.35. The minimum Gasteiger partial charge on any atom is -0.428 e. The van der Waals surface area contributed by atoms with Crippen LogP contribution in [0.2, 0.25) is 0 Å². The number of alkyl halides is 4. The summed E-state index contributed by atoms with van der Waals surface area (Å²) >= 11 is 0. The maximum atomic E-state index is 13.3. The summed E-state index contributed by atoms with van der Waals surface area (Å²) in [5.41, 5.74) is 5.75. The first-order valence-corrected chi connectivity index (χ1v) is 10.0. The van der Waals surface area contributed by atoms with E-state index in [4.69, 9.17) is 0 Å². The van der Waals surface area contributed by atoms with Gasteiger partial charge in [0.25, 0.3) is 5.69 Å². The summed E-state index contributed by atoms with van der Waals surface area (Å²) in [5.74, 6) is -0.303. The van der Waals surface area contributed by atoms with Crippen LogP contribution in [0.25, 0.3) is 16.9 Å². The van der Waals surface area contributed by atoms with Gasteiger partial charge in [-0.15, -0.1) is 0 Å². The molecule has 2 aromatic heterocycles. The Kier molecular flexibility index (Phi) is 5.62. The molecule has 4 nitrogen and oxygen atoms in total. The molecule has 0 radical (unpaired) electrons. The van der Waals surface area contributed by atoms with Crippen molar-refractivity contribution in [3.63, 3.8) is 0 Å². The Bertz CT molecular complexity index is 1280. The van der Waals surface area contributed by atoms with Gasteiger partial charge in [-0.1, -0.05) is 35.9 Å². The quantitative estimate of drug-likeness (QED) is 0.319. The van der Waals surface area contributed by atoms with Crippen LogP contribution in [-0.2, 0) is 20.5 Å². The molecule has 4 rings (SSSR count). The van der Waals surface area contributed by atoms with Gasteiger partial charge in [-0.25, -0.2) is 4.57 Å². The minimum atomic E-state index is -4.54. The fourth-order valence-corrected chi connectivity index (χ4v) is 3.83. The number of imidazole rings is 1. The van der Waals surface area contributed by atoms with Crippen molar-refractivity contribution in [1.82, 2.24) is 4.40 Å². The number of aryl methyl sites for hydroxylation is 3. The number of fused-ring (bicyclic) bond motifs is 1. The zero-order valence-electron chi connectivity index (χ0n) is 17.9. The van der Waals surface area contributed by atoms with Crippen molar-refractivity contribution in [3.8, 4) is 17.0 Å². The Morgan fingerprint density at radius 3 is 2.50 bits per heavy atom. The van der Waals surface area contributed by atoms with Crippen molar-refractivity contribution in [1.29, 1.82) is 0 Å². The van der Waals surface area contributed by atoms with E-state index >= 15 is 0 Å². The molecular formula is C24H23F4N3O+2. The van der Waals surface area contributed by atoms with E-state index in [1.165, 1.54) is 18.2 Å². The van der Waals surface area contributed by atoms with Crippen LogP contribution < -0.4 is 13.9 Å². The summed E-state index contributed by atoms with van der Waals surface area (Å²) in [5, 5.41) is 0. The number of halogens is 4. The van der Waals surface area contributed by atoms with E-state index < -0.39 is 12.5 Å². The fraction of sp³-hybridized carbons (Fsp3) is 0.250. The summed E-state index contributed by atoms with van der Waals surface area (Å²) in [6.45, 7) is 2.04. The lowest BCUT2D eigenvalue weighted by molar-refractivity contribution is -0.692. The second kappa shape index (κ2) is 8.26. The Morgan fingerprint density at radius 1 is 1.03 bits per heavy atom. The molecule has 0 N–H and O–H groups in total. The van der Waals surface area contributed by atoms with Gasteiger partial charge in [-0.3, -0.25) is 0 Å². The first-order chi connectivity index (χ1) is 15.2. The van der Waals surface area contributed by atoms with Gasteiger partial charge in [-0.2, -0.15) is 26.5 Å². The average Bonchev–Trinajstić information content (AvgIpc) is 3.07. The van der Waals surface area contributed by atoms with Crippen molar-refractivity contribution in [2.75, 3.05) is 0 Å². The number of rotatable bonds is 6. The van der Waals surface area contributed by atoms with Crippen molar-refractivity contribution in [2.45, 2.75) is 25.9 Å². The largest absolute Gasteiger partial charge is 0.461 e. The van der Waals surface area contributed by atoms with Crippen LogP contribution in [0.3, 0.4) is 0 Å². The minimum absolute atomic E-state index is 0.303. The molecular weight excluding hydrogens is 422 g/mol. The van der Waals surface area contributed by atoms with E-state index in [0.717, 1.165) is 28.2 Å². The van der Waals surface area contributed by atoms with Gasteiger partial charge in [0.15, 0.2) is 11.9 Å². The number of nitrogens with zero attached hydrogens (tertiary/aromatic N) is 3. The summed E-state index contributed by atoms with van der Waals surface area (Å²) in [7, 11) is 3.85. The Balaban J connectivity index is 1.75. The Morgan fingerprint density at radius 2 is 1.78 bits per heavy atom. The van der Waals surface area contributed by atoms with Gasteiger partial charge in [0.1, 0.15) is 19.0 Å². The molecule has 0 saturated heterocycles.